The van der Waals surface area contributed by atoms with Gasteiger partial charge in [-0.05, 0) is 30.7 Å². The summed E-state index contributed by atoms with van der Waals surface area (Å²) in [5.74, 6) is -0.249. The van der Waals surface area contributed by atoms with E-state index in [1.807, 2.05) is 13.8 Å². The lowest BCUT2D eigenvalue weighted by Crippen LogP contribution is -2.57. The number of hydrogen-bond donors (Lipinski definition) is 3. The van der Waals surface area contributed by atoms with Crippen LogP contribution in [0.2, 0.25) is 0 Å². The molecule has 3 rings (SSSR count). The number of carbonyl (C=O) groups is 1. The van der Waals surface area contributed by atoms with Crippen LogP contribution in [-0.2, 0) is 0 Å². The van der Waals surface area contributed by atoms with Gasteiger partial charge in [-0.25, -0.2) is 9.78 Å². The number of aromatic carboxylic acids is 1. The lowest BCUT2D eigenvalue weighted by molar-refractivity contribution is -0.0511. The first-order chi connectivity index (χ1) is 9.89. The number of aliphatic hydroxyl groups excluding tert-OH is 1. The number of aliphatic hydroxyl groups is 1. The number of fused-ring (bicyclic) bond motifs is 1. The second kappa shape index (κ2) is 4.70. The monoisotopic (exact) mass is 286 g/mol. The Morgan fingerprint density at radius 1 is 1.33 bits per heavy atom. The quantitative estimate of drug-likeness (QED) is 0.807. The average Bonchev–Trinajstić information content (AvgIpc) is 2.46. The molecule has 5 heteroatoms. The fraction of sp³-hybridized carbons (Fsp3) is 0.375. The summed E-state index contributed by atoms with van der Waals surface area (Å²) in [6.07, 6.45) is 0.399. The van der Waals surface area contributed by atoms with Crippen LogP contribution < -0.4 is 5.32 Å². The largest absolute Gasteiger partial charge is 0.478 e. The van der Waals surface area contributed by atoms with Crippen LogP contribution in [0.5, 0.6) is 0 Å². The summed E-state index contributed by atoms with van der Waals surface area (Å²) >= 11 is 0. The fourth-order valence-corrected chi connectivity index (χ4v) is 2.75. The third kappa shape index (κ3) is 2.23. The minimum atomic E-state index is -0.952. The van der Waals surface area contributed by atoms with E-state index in [2.05, 4.69) is 10.3 Å². The van der Waals surface area contributed by atoms with Crippen molar-refractivity contribution in [2.75, 3.05) is 5.32 Å². The number of pyridine rings is 1. The molecule has 1 aliphatic rings. The van der Waals surface area contributed by atoms with Crippen molar-refractivity contribution in [2.24, 2.45) is 5.41 Å². The predicted molar refractivity (Wildman–Crippen MR) is 80.5 cm³/mol. The summed E-state index contributed by atoms with van der Waals surface area (Å²) in [6, 6.07) is 8.80. The second-order valence-electron chi connectivity index (χ2n) is 6.14. The van der Waals surface area contributed by atoms with E-state index in [9.17, 15) is 15.0 Å². The van der Waals surface area contributed by atoms with E-state index in [1.165, 1.54) is 0 Å². The maximum absolute atomic E-state index is 11.2. The summed E-state index contributed by atoms with van der Waals surface area (Å²) in [7, 11) is 0. The number of anilines is 1. The van der Waals surface area contributed by atoms with E-state index in [0.29, 0.717) is 23.1 Å². The SMILES string of the molecule is CC1(C)C(O)CC1Nc1ccc2c(C(=O)O)cccc2n1. The molecule has 1 aromatic carbocycles. The van der Waals surface area contributed by atoms with Crippen LogP contribution in [0.4, 0.5) is 5.82 Å². The first kappa shape index (κ1) is 13.8. The maximum atomic E-state index is 11.2. The molecule has 0 bridgehead atoms. The number of benzene rings is 1. The Kier molecular flexibility index (Phi) is 3.10. The van der Waals surface area contributed by atoms with Crippen molar-refractivity contribution in [1.29, 1.82) is 0 Å². The number of aromatic nitrogens is 1. The molecule has 2 atom stereocenters. The predicted octanol–water partition coefficient (Wildman–Crippen LogP) is 2.50. The molecule has 110 valence electrons. The molecule has 1 saturated carbocycles. The van der Waals surface area contributed by atoms with Gasteiger partial charge in [0.05, 0.1) is 17.2 Å². The van der Waals surface area contributed by atoms with Gasteiger partial charge in [0, 0.05) is 16.8 Å². The Hall–Kier alpha value is -2.14. The number of rotatable bonds is 3. The lowest BCUT2D eigenvalue weighted by atomic mass is 9.64. The zero-order valence-corrected chi connectivity index (χ0v) is 12.0. The summed E-state index contributed by atoms with van der Waals surface area (Å²) in [5.41, 5.74) is 0.725. The van der Waals surface area contributed by atoms with Crippen molar-refractivity contribution in [2.45, 2.75) is 32.4 Å². The number of hydrogen-bond acceptors (Lipinski definition) is 4. The van der Waals surface area contributed by atoms with Gasteiger partial charge in [0.2, 0.25) is 0 Å². The highest BCUT2D eigenvalue weighted by atomic mass is 16.4. The summed E-state index contributed by atoms with van der Waals surface area (Å²) in [5, 5.41) is 22.9. The van der Waals surface area contributed by atoms with Gasteiger partial charge in [-0.15, -0.1) is 0 Å². The molecule has 1 aliphatic carbocycles. The van der Waals surface area contributed by atoms with Crippen LogP contribution in [0.3, 0.4) is 0 Å². The van der Waals surface area contributed by atoms with Crippen LogP contribution >= 0.6 is 0 Å². The molecule has 1 aromatic heterocycles. The lowest BCUT2D eigenvalue weighted by Gasteiger charge is -2.49. The van der Waals surface area contributed by atoms with Crippen LogP contribution in [0, 0.1) is 5.41 Å². The third-order valence-electron chi connectivity index (χ3n) is 4.50. The highest BCUT2D eigenvalue weighted by Gasteiger charge is 2.47. The molecule has 2 unspecified atom stereocenters. The number of nitrogens with one attached hydrogen (secondary N) is 1. The van der Waals surface area contributed by atoms with Crippen LogP contribution in [0.1, 0.15) is 30.6 Å². The van der Waals surface area contributed by atoms with E-state index in [1.54, 1.807) is 30.3 Å². The average molecular weight is 286 g/mol. The van der Waals surface area contributed by atoms with Gasteiger partial charge >= 0.3 is 5.97 Å². The van der Waals surface area contributed by atoms with Gasteiger partial charge in [-0.2, -0.15) is 0 Å². The minimum absolute atomic E-state index is 0.167. The topological polar surface area (TPSA) is 82.5 Å². The Morgan fingerprint density at radius 3 is 2.71 bits per heavy atom. The van der Waals surface area contributed by atoms with E-state index in [0.717, 1.165) is 0 Å². The van der Waals surface area contributed by atoms with Crippen molar-refractivity contribution in [3.8, 4) is 0 Å². The fourth-order valence-electron chi connectivity index (χ4n) is 2.75. The molecule has 5 nitrogen and oxygen atoms in total. The zero-order chi connectivity index (χ0) is 15.2. The number of nitrogens with zero attached hydrogens (tertiary/aromatic N) is 1. The van der Waals surface area contributed by atoms with Gasteiger partial charge < -0.3 is 15.5 Å². The number of carboxylic acid groups (broad SMARTS) is 1. The first-order valence-corrected chi connectivity index (χ1v) is 6.97. The molecule has 0 saturated heterocycles. The summed E-state index contributed by atoms with van der Waals surface area (Å²) < 4.78 is 0. The minimum Gasteiger partial charge on any atom is -0.478 e. The van der Waals surface area contributed by atoms with E-state index in [4.69, 9.17) is 0 Å². The van der Waals surface area contributed by atoms with Gasteiger partial charge in [0.25, 0.3) is 0 Å². The third-order valence-corrected chi connectivity index (χ3v) is 4.50. The summed E-state index contributed by atoms with van der Waals surface area (Å²) in [4.78, 5) is 15.7. The summed E-state index contributed by atoms with van der Waals surface area (Å²) in [6.45, 7) is 4.03. The molecule has 0 amide bonds. The van der Waals surface area contributed by atoms with Crippen LogP contribution in [-0.4, -0.2) is 33.3 Å². The van der Waals surface area contributed by atoms with Crippen molar-refractivity contribution in [3.63, 3.8) is 0 Å². The Labute approximate surface area is 122 Å². The molecular weight excluding hydrogens is 268 g/mol. The molecule has 3 N–H and O–H groups in total. The smallest absolute Gasteiger partial charge is 0.336 e. The molecule has 1 heterocycles. The molecule has 0 radical (unpaired) electrons. The Morgan fingerprint density at radius 2 is 2.10 bits per heavy atom. The van der Waals surface area contributed by atoms with Crippen molar-refractivity contribution in [3.05, 3.63) is 35.9 Å². The Balaban J connectivity index is 1.91. The van der Waals surface area contributed by atoms with E-state index < -0.39 is 5.97 Å². The Bertz CT molecular complexity index is 712. The van der Waals surface area contributed by atoms with Gasteiger partial charge in [0.15, 0.2) is 0 Å². The van der Waals surface area contributed by atoms with Crippen molar-refractivity contribution < 1.29 is 15.0 Å². The van der Waals surface area contributed by atoms with Crippen molar-refractivity contribution in [1.82, 2.24) is 4.98 Å². The van der Waals surface area contributed by atoms with Crippen LogP contribution in [0.15, 0.2) is 30.3 Å². The highest BCUT2D eigenvalue weighted by Crippen LogP contribution is 2.42. The second-order valence-corrected chi connectivity index (χ2v) is 6.14. The van der Waals surface area contributed by atoms with Gasteiger partial charge in [-0.1, -0.05) is 19.9 Å². The van der Waals surface area contributed by atoms with Crippen LogP contribution in [0.25, 0.3) is 10.9 Å². The number of carboxylic acids is 1. The maximum Gasteiger partial charge on any atom is 0.336 e. The van der Waals surface area contributed by atoms with Gasteiger partial charge in [-0.3, -0.25) is 0 Å². The molecule has 0 aliphatic heterocycles. The van der Waals surface area contributed by atoms with E-state index >= 15 is 0 Å². The normalized spacial score (nSPS) is 23.6. The standard InChI is InChI=1S/C16H18N2O3/c1-16(2)12(8-13(16)19)18-14-7-6-9-10(15(20)21)4-3-5-11(9)17-14/h3-7,12-13,19H,8H2,1-2H3,(H,17,18)(H,20,21). The highest BCUT2D eigenvalue weighted by molar-refractivity contribution is 6.02. The molecule has 21 heavy (non-hydrogen) atoms. The molecule has 1 fully saturated rings. The van der Waals surface area contributed by atoms with Crippen molar-refractivity contribution >= 4 is 22.7 Å². The molecule has 0 spiro atoms. The molecular formula is C16H18N2O3. The molecule has 2 aromatic rings. The van der Waals surface area contributed by atoms with E-state index in [-0.39, 0.29) is 23.1 Å². The first-order valence-electron chi connectivity index (χ1n) is 6.97. The van der Waals surface area contributed by atoms with Gasteiger partial charge in [0.1, 0.15) is 5.82 Å². The zero-order valence-electron chi connectivity index (χ0n) is 12.0.